The summed E-state index contributed by atoms with van der Waals surface area (Å²) in [5.74, 6) is -2.07. The van der Waals surface area contributed by atoms with Crippen LogP contribution in [0.1, 0.15) is 38.1 Å². The Labute approximate surface area is 173 Å². The van der Waals surface area contributed by atoms with Crippen LogP contribution in [0.5, 0.6) is 0 Å². The number of amides is 2. The highest BCUT2D eigenvalue weighted by Crippen LogP contribution is 2.26. The minimum atomic E-state index is -0.774. The molecule has 2 heterocycles. The van der Waals surface area contributed by atoms with Gasteiger partial charge < -0.3 is 15.5 Å². The number of H-pyrrole nitrogens is 1. The van der Waals surface area contributed by atoms with E-state index in [1.165, 1.54) is 12.1 Å². The van der Waals surface area contributed by atoms with Crippen molar-refractivity contribution in [3.63, 3.8) is 0 Å². The summed E-state index contributed by atoms with van der Waals surface area (Å²) >= 11 is 1.12. The highest BCUT2D eigenvalue weighted by molar-refractivity contribution is 7.14. The topological polar surface area (TPSA) is 170 Å². The van der Waals surface area contributed by atoms with Crippen LogP contribution in [-0.2, 0) is 4.74 Å². The molecule has 2 aromatic heterocycles. The standard InChI is InChI=1S/C18H15N5O6S/c1-2-29-17(26)10-3-9(4-12(5-10)23(27)28)16(25)22-18-21-14(8-30-18)11-6-13(15(19)24)20-7-11/h3-8,20H,2H2,1H3,(H2,19,24)(H,21,22,25). The molecule has 0 atom stereocenters. The summed E-state index contributed by atoms with van der Waals surface area (Å²) in [7, 11) is 0. The molecule has 1 aromatic carbocycles. The van der Waals surface area contributed by atoms with E-state index in [0.29, 0.717) is 11.3 Å². The van der Waals surface area contributed by atoms with E-state index in [-0.39, 0.29) is 28.6 Å². The average molecular weight is 429 g/mol. The Morgan fingerprint density at radius 2 is 2.00 bits per heavy atom. The average Bonchev–Trinajstić information content (AvgIpc) is 3.37. The van der Waals surface area contributed by atoms with Crippen molar-refractivity contribution >= 4 is 39.9 Å². The number of ether oxygens (including phenoxy) is 1. The van der Waals surface area contributed by atoms with Gasteiger partial charge in [-0.15, -0.1) is 11.3 Å². The molecule has 3 rings (SSSR count). The van der Waals surface area contributed by atoms with Crippen molar-refractivity contribution in [3.8, 4) is 11.3 Å². The van der Waals surface area contributed by atoms with Crippen molar-refractivity contribution in [3.05, 3.63) is 62.8 Å². The number of nitro groups is 1. The maximum absolute atomic E-state index is 12.6. The predicted molar refractivity (Wildman–Crippen MR) is 107 cm³/mol. The van der Waals surface area contributed by atoms with E-state index in [0.717, 1.165) is 23.5 Å². The number of aromatic nitrogens is 2. The number of nitrogens with zero attached hydrogens (tertiary/aromatic N) is 2. The van der Waals surface area contributed by atoms with Crippen molar-refractivity contribution in [2.45, 2.75) is 6.92 Å². The molecule has 0 aliphatic carbocycles. The molecular weight excluding hydrogens is 414 g/mol. The van der Waals surface area contributed by atoms with Gasteiger partial charge in [-0.1, -0.05) is 0 Å². The molecule has 2 amide bonds. The molecule has 0 radical (unpaired) electrons. The second-order valence-corrected chi connectivity index (χ2v) is 6.76. The van der Waals surface area contributed by atoms with Gasteiger partial charge in [-0.25, -0.2) is 9.78 Å². The Hall–Kier alpha value is -4.06. The van der Waals surface area contributed by atoms with E-state index in [2.05, 4.69) is 15.3 Å². The SMILES string of the molecule is CCOC(=O)c1cc(C(=O)Nc2nc(-c3c[nH]c(C(N)=O)c3)cs2)cc([N+](=O)[O-])c1. The first-order valence-electron chi connectivity index (χ1n) is 8.50. The van der Waals surface area contributed by atoms with Crippen LogP contribution in [-0.4, -0.2) is 39.3 Å². The fraction of sp³-hybridized carbons (Fsp3) is 0.111. The van der Waals surface area contributed by atoms with Crippen LogP contribution < -0.4 is 11.1 Å². The Balaban J connectivity index is 1.83. The summed E-state index contributed by atoms with van der Waals surface area (Å²) in [5.41, 5.74) is 5.88. The number of nitrogens with two attached hydrogens (primary N) is 1. The van der Waals surface area contributed by atoms with E-state index >= 15 is 0 Å². The molecule has 0 saturated carbocycles. The summed E-state index contributed by atoms with van der Waals surface area (Å²) in [6.07, 6.45) is 1.55. The molecule has 0 fully saturated rings. The van der Waals surface area contributed by atoms with Gasteiger partial charge in [0.25, 0.3) is 17.5 Å². The number of rotatable bonds is 7. The van der Waals surface area contributed by atoms with Gasteiger partial charge >= 0.3 is 5.97 Å². The number of hydrogen-bond donors (Lipinski definition) is 3. The van der Waals surface area contributed by atoms with Crippen LogP contribution in [0.2, 0.25) is 0 Å². The quantitative estimate of drug-likeness (QED) is 0.294. The molecule has 0 saturated heterocycles. The van der Waals surface area contributed by atoms with Gasteiger partial charge in [0.2, 0.25) is 0 Å². The molecule has 154 valence electrons. The van der Waals surface area contributed by atoms with Gasteiger partial charge in [0.05, 0.1) is 22.8 Å². The number of thiazole rings is 1. The first-order chi connectivity index (χ1) is 14.3. The number of non-ortho nitro benzene ring substituents is 1. The highest BCUT2D eigenvalue weighted by atomic mass is 32.1. The first-order valence-corrected chi connectivity index (χ1v) is 9.38. The zero-order valence-corrected chi connectivity index (χ0v) is 16.3. The molecule has 3 aromatic rings. The minimum absolute atomic E-state index is 0.0849. The molecule has 4 N–H and O–H groups in total. The van der Waals surface area contributed by atoms with Crippen LogP contribution in [0.3, 0.4) is 0 Å². The van der Waals surface area contributed by atoms with Crippen LogP contribution in [0.15, 0.2) is 35.8 Å². The Morgan fingerprint density at radius 1 is 1.27 bits per heavy atom. The van der Waals surface area contributed by atoms with Crippen LogP contribution in [0.25, 0.3) is 11.3 Å². The third-order valence-electron chi connectivity index (χ3n) is 3.87. The van der Waals surface area contributed by atoms with E-state index in [4.69, 9.17) is 10.5 Å². The number of carbonyl (C=O) groups excluding carboxylic acids is 3. The lowest BCUT2D eigenvalue weighted by Crippen LogP contribution is -2.14. The van der Waals surface area contributed by atoms with E-state index in [1.54, 1.807) is 18.5 Å². The Bertz CT molecular complexity index is 1150. The molecule has 11 nitrogen and oxygen atoms in total. The second-order valence-electron chi connectivity index (χ2n) is 5.90. The number of nitro benzene ring substituents is 1. The molecule has 0 bridgehead atoms. The van der Waals surface area contributed by atoms with E-state index < -0.39 is 28.4 Å². The number of benzene rings is 1. The molecule has 12 heteroatoms. The molecule has 30 heavy (non-hydrogen) atoms. The van der Waals surface area contributed by atoms with Gasteiger partial charge in [-0.2, -0.15) is 0 Å². The lowest BCUT2D eigenvalue weighted by atomic mass is 10.1. The monoisotopic (exact) mass is 429 g/mol. The number of hydrogen-bond acceptors (Lipinski definition) is 8. The number of carbonyl (C=O) groups is 3. The fourth-order valence-corrected chi connectivity index (χ4v) is 3.21. The van der Waals surface area contributed by atoms with Gasteiger partial charge in [-0.3, -0.25) is 25.0 Å². The summed E-state index contributed by atoms with van der Waals surface area (Å²) < 4.78 is 4.85. The number of nitrogens with one attached hydrogen (secondary N) is 2. The highest BCUT2D eigenvalue weighted by Gasteiger charge is 2.20. The van der Waals surface area contributed by atoms with E-state index in [1.807, 2.05) is 0 Å². The fourth-order valence-electron chi connectivity index (χ4n) is 2.50. The third-order valence-corrected chi connectivity index (χ3v) is 4.63. The summed E-state index contributed by atoms with van der Waals surface area (Å²) in [6.45, 7) is 1.68. The molecule has 0 spiro atoms. The van der Waals surface area contributed by atoms with Crippen molar-refractivity contribution in [2.75, 3.05) is 11.9 Å². The maximum Gasteiger partial charge on any atom is 0.338 e. The maximum atomic E-state index is 12.6. The van der Waals surface area contributed by atoms with Crippen LogP contribution in [0.4, 0.5) is 10.8 Å². The van der Waals surface area contributed by atoms with Gasteiger partial charge in [0.1, 0.15) is 5.69 Å². The van der Waals surface area contributed by atoms with Crippen LogP contribution in [0, 0.1) is 10.1 Å². The zero-order valence-electron chi connectivity index (χ0n) is 15.5. The number of anilines is 1. The van der Waals surface area contributed by atoms with Gasteiger partial charge in [-0.05, 0) is 19.1 Å². The molecular formula is C18H15N5O6S. The lowest BCUT2D eigenvalue weighted by Gasteiger charge is -2.06. The van der Waals surface area contributed by atoms with Gasteiger partial charge in [0, 0.05) is 34.8 Å². The van der Waals surface area contributed by atoms with E-state index in [9.17, 15) is 24.5 Å². The summed E-state index contributed by atoms with van der Waals surface area (Å²) in [6, 6.07) is 4.83. The molecule has 0 unspecified atom stereocenters. The molecule has 0 aliphatic heterocycles. The van der Waals surface area contributed by atoms with Crippen molar-refractivity contribution < 1.29 is 24.0 Å². The third kappa shape index (κ3) is 4.50. The second kappa shape index (κ2) is 8.53. The Morgan fingerprint density at radius 3 is 2.63 bits per heavy atom. The number of aromatic amines is 1. The molecule has 0 aliphatic rings. The number of primary amides is 1. The minimum Gasteiger partial charge on any atom is -0.462 e. The summed E-state index contributed by atoms with van der Waals surface area (Å²) in [4.78, 5) is 53.1. The van der Waals surface area contributed by atoms with Gasteiger partial charge in [0.15, 0.2) is 5.13 Å². The smallest absolute Gasteiger partial charge is 0.338 e. The normalized spacial score (nSPS) is 10.4. The first kappa shape index (κ1) is 20.7. The lowest BCUT2D eigenvalue weighted by molar-refractivity contribution is -0.384. The zero-order chi connectivity index (χ0) is 21.8. The van der Waals surface area contributed by atoms with Crippen molar-refractivity contribution in [2.24, 2.45) is 5.73 Å². The Kier molecular flexibility index (Phi) is 5.88. The summed E-state index contributed by atoms with van der Waals surface area (Å²) in [5, 5.41) is 15.6. The predicted octanol–water partition coefficient (Wildman–Crippen LogP) is 2.57. The van der Waals surface area contributed by atoms with Crippen molar-refractivity contribution in [1.82, 2.24) is 9.97 Å². The van der Waals surface area contributed by atoms with Crippen molar-refractivity contribution in [1.29, 1.82) is 0 Å². The number of esters is 1. The van der Waals surface area contributed by atoms with Crippen LogP contribution >= 0.6 is 11.3 Å². The largest absolute Gasteiger partial charge is 0.462 e.